The summed E-state index contributed by atoms with van der Waals surface area (Å²) in [5, 5.41) is 39.7. The second-order valence-electron chi connectivity index (χ2n) is 6.14. The Morgan fingerprint density at radius 2 is 1.76 bits per heavy atom. The predicted octanol–water partition coefficient (Wildman–Crippen LogP) is 0.360. The van der Waals surface area contributed by atoms with E-state index in [1.807, 2.05) is 0 Å². The number of benzene rings is 1. The minimum Gasteiger partial charge on any atom is -0.510 e. The molecule has 1 aliphatic rings. The molecule has 9 heteroatoms. The monoisotopic (exact) mass is 374 g/mol. The van der Waals surface area contributed by atoms with Crippen molar-refractivity contribution in [3.05, 3.63) is 41.2 Å². The van der Waals surface area contributed by atoms with Crippen LogP contribution in [-0.2, 0) is 19.0 Å². The Hall–Kier alpha value is -1.49. The highest BCUT2D eigenvalue weighted by molar-refractivity contribution is 7.86. The minimum absolute atomic E-state index is 0.147. The lowest BCUT2D eigenvalue weighted by Crippen LogP contribution is -2.43. The van der Waals surface area contributed by atoms with Crippen LogP contribution in [0.3, 0.4) is 0 Å². The van der Waals surface area contributed by atoms with Gasteiger partial charge < -0.3 is 25.2 Å². The van der Waals surface area contributed by atoms with Crippen LogP contribution >= 0.6 is 0 Å². The first-order valence-corrected chi connectivity index (χ1v) is 9.01. The second-order valence-corrected chi connectivity index (χ2v) is 7.71. The van der Waals surface area contributed by atoms with Crippen molar-refractivity contribution < 1.29 is 37.8 Å². The van der Waals surface area contributed by atoms with Crippen molar-refractivity contribution in [3.8, 4) is 0 Å². The topological polar surface area (TPSA) is 134 Å². The van der Waals surface area contributed by atoms with Crippen molar-refractivity contribution in [1.82, 2.24) is 0 Å². The fourth-order valence-corrected chi connectivity index (χ4v) is 3.50. The van der Waals surface area contributed by atoms with Crippen molar-refractivity contribution in [2.45, 2.75) is 56.4 Å². The summed E-state index contributed by atoms with van der Waals surface area (Å²) in [5.74, 6) is -0.451. The van der Waals surface area contributed by atoms with Crippen LogP contribution < -0.4 is 0 Å². The molecule has 1 fully saturated rings. The van der Waals surface area contributed by atoms with Crippen LogP contribution in [-0.4, -0.2) is 59.5 Å². The van der Waals surface area contributed by atoms with Gasteiger partial charge in [-0.2, -0.15) is 8.42 Å². The zero-order chi connectivity index (χ0) is 18.9. The maximum atomic E-state index is 12.4. The first-order valence-electron chi connectivity index (χ1n) is 7.60. The van der Waals surface area contributed by atoms with Crippen molar-refractivity contribution in [3.63, 3.8) is 0 Å². The van der Waals surface area contributed by atoms with E-state index in [1.165, 1.54) is 26.0 Å². The van der Waals surface area contributed by atoms with E-state index in [-0.39, 0.29) is 4.90 Å². The molecule has 5 atom stereocenters. The highest BCUT2D eigenvalue weighted by Gasteiger charge is 2.50. The SMILES string of the molecule is CC(C)=C(O)[C@@H](O)[C@H]1O[C@H](O)[C@H](O)[C@H]1OS(=O)(=O)c1ccc(C)cc1. The Balaban J connectivity index is 2.30. The van der Waals surface area contributed by atoms with Crippen LogP contribution in [0.25, 0.3) is 0 Å². The first kappa shape index (κ1) is 19.8. The van der Waals surface area contributed by atoms with Gasteiger partial charge in [0, 0.05) is 0 Å². The molecule has 25 heavy (non-hydrogen) atoms. The summed E-state index contributed by atoms with van der Waals surface area (Å²) in [4.78, 5) is -0.147. The standard InChI is InChI=1S/C16H22O8S/c1-8(2)11(17)12(18)14-15(13(19)16(20)23-14)24-25(21,22)10-6-4-9(3)5-7-10/h4-7,12-20H,1-3H3/t12-,13-,14-,15-,16+/m1/s1. The molecule has 4 N–H and O–H groups in total. The molecule has 8 nitrogen and oxygen atoms in total. The molecule has 0 amide bonds. The van der Waals surface area contributed by atoms with Crippen LogP contribution in [0.1, 0.15) is 19.4 Å². The molecule has 2 rings (SSSR count). The van der Waals surface area contributed by atoms with Crippen LogP contribution in [0, 0.1) is 6.92 Å². The number of aliphatic hydroxyl groups excluding tert-OH is 4. The van der Waals surface area contributed by atoms with Crippen LogP contribution in [0.4, 0.5) is 0 Å². The Labute approximate surface area is 146 Å². The molecular weight excluding hydrogens is 352 g/mol. The summed E-state index contributed by atoms with van der Waals surface area (Å²) in [7, 11) is -4.29. The quantitative estimate of drug-likeness (QED) is 0.429. The third-order valence-electron chi connectivity index (χ3n) is 3.90. The maximum absolute atomic E-state index is 12.4. The van der Waals surface area contributed by atoms with Gasteiger partial charge in [-0.3, -0.25) is 4.18 Å². The number of hydrogen-bond donors (Lipinski definition) is 4. The Morgan fingerprint density at radius 3 is 2.28 bits per heavy atom. The summed E-state index contributed by atoms with van der Waals surface area (Å²) in [6.45, 7) is 4.84. The molecule has 0 spiro atoms. The molecule has 0 unspecified atom stereocenters. The van der Waals surface area contributed by atoms with Crippen LogP contribution in [0.15, 0.2) is 40.5 Å². The number of rotatable bonds is 5. The van der Waals surface area contributed by atoms with Gasteiger partial charge in [-0.15, -0.1) is 0 Å². The molecule has 1 heterocycles. The average Bonchev–Trinajstić information content (AvgIpc) is 2.81. The summed E-state index contributed by atoms with van der Waals surface area (Å²) < 4.78 is 34.8. The van der Waals surface area contributed by atoms with Gasteiger partial charge in [0.1, 0.15) is 30.2 Å². The lowest BCUT2D eigenvalue weighted by atomic mass is 10.0. The largest absolute Gasteiger partial charge is 0.510 e. The van der Waals surface area contributed by atoms with E-state index in [2.05, 4.69) is 0 Å². The van der Waals surface area contributed by atoms with E-state index in [4.69, 9.17) is 8.92 Å². The van der Waals surface area contributed by atoms with Crippen molar-refractivity contribution in [1.29, 1.82) is 0 Å². The summed E-state index contributed by atoms with van der Waals surface area (Å²) >= 11 is 0. The average molecular weight is 374 g/mol. The predicted molar refractivity (Wildman–Crippen MR) is 87.1 cm³/mol. The normalized spacial score (nSPS) is 27.9. The third-order valence-corrected chi connectivity index (χ3v) is 5.23. The Morgan fingerprint density at radius 1 is 1.20 bits per heavy atom. The van der Waals surface area contributed by atoms with E-state index in [9.17, 15) is 28.8 Å². The highest BCUT2D eigenvalue weighted by atomic mass is 32.2. The molecule has 1 aromatic carbocycles. The summed E-state index contributed by atoms with van der Waals surface area (Å²) in [6, 6.07) is 5.83. The minimum atomic E-state index is -4.29. The molecule has 1 aliphatic heterocycles. The van der Waals surface area contributed by atoms with Gasteiger partial charge in [0.05, 0.1) is 4.90 Å². The van der Waals surface area contributed by atoms with Gasteiger partial charge in [-0.25, -0.2) is 0 Å². The molecule has 0 aromatic heterocycles. The molecule has 1 aromatic rings. The van der Waals surface area contributed by atoms with E-state index in [0.717, 1.165) is 5.56 Å². The fraction of sp³-hybridized carbons (Fsp3) is 0.500. The molecule has 0 radical (unpaired) electrons. The highest BCUT2D eigenvalue weighted by Crippen LogP contribution is 2.30. The maximum Gasteiger partial charge on any atom is 0.297 e. The first-order chi connectivity index (χ1) is 11.5. The van der Waals surface area contributed by atoms with Crippen LogP contribution in [0.2, 0.25) is 0 Å². The van der Waals surface area contributed by atoms with E-state index in [0.29, 0.717) is 5.57 Å². The lowest BCUT2D eigenvalue weighted by molar-refractivity contribution is -0.144. The molecule has 0 bridgehead atoms. The van der Waals surface area contributed by atoms with Crippen molar-refractivity contribution in [2.75, 3.05) is 0 Å². The second kappa shape index (κ2) is 7.40. The van der Waals surface area contributed by atoms with E-state index in [1.54, 1.807) is 19.1 Å². The van der Waals surface area contributed by atoms with Gasteiger partial charge in [-0.1, -0.05) is 17.7 Å². The third kappa shape index (κ3) is 4.20. The summed E-state index contributed by atoms with van der Waals surface area (Å²) in [6.07, 6.45) is -8.22. The number of hydrogen-bond acceptors (Lipinski definition) is 8. The summed E-state index contributed by atoms with van der Waals surface area (Å²) in [5.41, 5.74) is 1.22. The van der Waals surface area contributed by atoms with Crippen molar-refractivity contribution in [2.24, 2.45) is 0 Å². The van der Waals surface area contributed by atoms with Gasteiger partial charge >= 0.3 is 0 Å². The zero-order valence-electron chi connectivity index (χ0n) is 14.0. The van der Waals surface area contributed by atoms with E-state index >= 15 is 0 Å². The zero-order valence-corrected chi connectivity index (χ0v) is 14.8. The fourth-order valence-electron chi connectivity index (χ4n) is 2.40. The molecule has 0 aliphatic carbocycles. The van der Waals surface area contributed by atoms with Gasteiger partial charge in [0.25, 0.3) is 10.1 Å². The van der Waals surface area contributed by atoms with Gasteiger partial charge in [0.15, 0.2) is 6.29 Å². The molecule has 140 valence electrons. The number of allylic oxidation sites excluding steroid dienone is 1. The Bertz CT molecular complexity index is 736. The van der Waals surface area contributed by atoms with Gasteiger partial charge in [-0.05, 0) is 38.5 Å². The van der Waals surface area contributed by atoms with E-state index < -0.39 is 46.6 Å². The molecule has 1 saturated heterocycles. The van der Waals surface area contributed by atoms with Gasteiger partial charge in [0.2, 0.25) is 0 Å². The molecular formula is C16H22O8S. The smallest absolute Gasteiger partial charge is 0.297 e. The van der Waals surface area contributed by atoms with Crippen molar-refractivity contribution >= 4 is 10.1 Å². The Kier molecular flexibility index (Phi) is 5.87. The number of aryl methyl sites for hydroxylation is 1. The van der Waals surface area contributed by atoms with Crippen LogP contribution in [0.5, 0.6) is 0 Å². The number of ether oxygens (including phenoxy) is 1. The molecule has 0 saturated carbocycles. The lowest BCUT2D eigenvalue weighted by Gasteiger charge is -2.24. The number of aliphatic hydroxyl groups is 4.